The third kappa shape index (κ3) is 3.57. The van der Waals surface area contributed by atoms with Gasteiger partial charge in [-0.25, -0.2) is 0 Å². The normalized spacial score (nSPS) is 50.0. The molecule has 0 bridgehead atoms. The summed E-state index contributed by atoms with van der Waals surface area (Å²) in [4.78, 5) is 0. The number of hydrogen-bond acceptors (Lipinski definition) is 10. The largest absolute Gasteiger partial charge is 0.394 e. The quantitative estimate of drug-likeness (QED) is 0.250. The highest BCUT2D eigenvalue weighted by molar-refractivity contribution is 4.93. The minimum atomic E-state index is -1.55. The Morgan fingerprint density at radius 2 is 1.59 bits per heavy atom. The van der Waals surface area contributed by atoms with Crippen molar-refractivity contribution in [2.45, 2.75) is 55.1 Å². The molecule has 8 N–H and O–H groups in total. The van der Waals surface area contributed by atoms with Crippen LogP contribution in [0.5, 0.6) is 0 Å². The molecule has 0 aromatic heterocycles. The van der Waals surface area contributed by atoms with Crippen LogP contribution in [0.15, 0.2) is 0 Å². The molecule has 10 heteroatoms. The predicted molar refractivity (Wildman–Crippen MR) is 69.5 cm³/mol. The van der Waals surface area contributed by atoms with Gasteiger partial charge in [0.2, 0.25) is 0 Å². The molecule has 130 valence electrons. The van der Waals surface area contributed by atoms with Crippen molar-refractivity contribution in [3.05, 3.63) is 0 Å². The molecule has 0 spiro atoms. The monoisotopic (exact) mass is 325 g/mol. The molecule has 0 aromatic rings. The summed E-state index contributed by atoms with van der Waals surface area (Å²) in [5.74, 6) is 0. The van der Waals surface area contributed by atoms with Crippen LogP contribution in [0.1, 0.15) is 0 Å². The average molecular weight is 325 g/mol. The van der Waals surface area contributed by atoms with Gasteiger partial charge in [0.25, 0.3) is 0 Å². The van der Waals surface area contributed by atoms with E-state index < -0.39 is 61.7 Å². The van der Waals surface area contributed by atoms with Gasteiger partial charge in [0, 0.05) is 6.54 Å². The van der Waals surface area contributed by atoms with Gasteiger partial charge in [-0.15, -0.1) is 0 Å². The zero-order chi connectivity index (χ0) is 16.4. The standard InChI is InChI=1S/C12H23NO9/c14-2-6-9(18)10(19)11(20)12(22-6)21-3-4-7(16)8(17)5(15)1-13-4/h4-20H,1-3H2/t4-,5-,6-,7-,8-,9-,10+,11+,12+/m1/s1. The molecule has 0 aromatic carbocycles. The molecule has 2 saturated heterocycles. The maximum absolute atomic E-state index is 9.81. The highest BCUT2D eigenvalue weighted by Gasteiger charge is 2.45. The lowest BCUT2D eigenvalue weighted by molar-refractivity contribution is -0.303. The van der Waals surface area contributed by atoms with Crippen LogP contribution in [0.2, 0.25) is 0 Å². The summed E-state index contributed by atoms with van der Waals surface area (Å²) >= 11 is 0. The van der Waals surface area contributed by atoms with E-state index in [1.54, 1.807) is 0 Å². The smallest absolute Gasteiger partial charge is 0.186 e. The van der Waals surface area contributed by atoms with Crippen LogP contribution < -0.4 is 5.32 Å². The second-order valence-corrected chi connectivity index (χ2v) is 5.59. The number of rotatable bonds is 4. The molecule has 0 aliphatic carbocycles. The summed E-state index contributed by atoms with van der Waals surface area (Å²) < 4.78 is 10.4. The van der Waals surface area contributed by atoms with Crippen LogP contribution in [0.25, 0.3) is 0 Å². The molecule has 2 aliphatic rings. The molecule has 10 nitrogen and oxygen atoms in total. The lowest BCUT2D eigenvalue weighted by Gasteiger charge is -2.41. The van der Waals surface area contributed by atoms with E-state index in [0.717, 1.165) is 0 Å². The number of β-amino-alcohol motifs (C(OH)–C–C–N with tert-alkyl or cyclic N) is 1. The van der Waals surface area contributed by atoms with Crippen LogP contribution in [0, 0.1) is 0 Å². The first-order valence-electron chi connectivity index (χ1n) is 7.06. The number of ether oxygens (including phenoxy) is 2. The maximum Gasteiger partial charge on any atom is 0.186 e. The van der Waals surface area contributed by atoms with Crippen molar-refractivity contribution in [2.75, 3.05) is 19.8 Å². The Bertz CT molecular complexity index is 357. The van der Waals surface area contributed by atoms with Crippen molar-refractivity contribution in [3.8, 4) is 0 Å². The van der Waals surface area contributed by atoms with Gasteiger partial charge in [-0.2, -0.15) is 0 Å². The number of aliphatic hydroxyl groups excluding tert-OH is 7. The zero-order valence-corrected chi connectivity index (χ0v) is 11.8. The number of hydrogen-bond donors (Lipinski definition) is 8. The van der Waals surface area contributed by atoms with E-state index in [1.165, 1.54) is 0 Å². The molecule has 0 unspecified atom stereocenters. The molecule has 0 amide bonds. The van der Waals surface area contributed by atoms with Crippen molar-refractivity contribution in [3.63, 3.8) is 0 Å². The van der Waals surface area contributed by atoms with E-state index in [9.17, 15) is 30.6 Å². The topological polar surface area (TPSA) is 172 Å². The first-order chi connectivity index (χ1) is 10.4. The second kappa shape index (κ2) is 7.45. The molecule has 2 heterocycles. The molecular formula is C12H23NO9. The summed E-state index contributed by atoms with van der Waals surface area (Å²) in [6, 6.07) is -0.717. The summed E-state index contributed by atoms with van der Waals surface area (Å²) in [6.07, 6.45) is -10.7. The van der Waals surface area contributed by atoms with Crippen LogP contribution in [0.3, 0.4) is 0 Å². The lowest BCUT2D eigenvalue weighted by Crippen LogP contribution is -2.63. The van der Waals surface area contributed by atoms with Crippen molar-refractivity contribution in [1.82, 2.24) is 5.32 Å². The molecule has 2 rings (SSSR count). The van der Waals surface area contributed by atoms with Gasteiger partial charge in [0.15, 0.2) is 6.29 Å². The van der Waals surface area contributed by atoms with Gasteiger partial charge in [-0.3, -0.25) is 0 Å². The van der Waals surface area contributed by atoms with Gasteiger partial charge < -0.3 is 50.5 Å². The number of aliphatic hydroxyl groups is 7. The average Bonchev–Trinajstić information content (AvgIpc) is 2.51. The summed E-state index contributed by atoms with van der Waals surface area (Å²) in [6.45, 7) is -0.700. The maximum atomic E-state index is 9.81. The van der Waals surface area contributed by atoms with Crippen LogP contribution in [-0.4, -0.2) is 111 Å². The van der Waals surface area contributed by atoms with E-state index in [1.807, 2.05) is 0 Å². The fraction of sp³-hybridized carbons (Fsp3) is 1.00. The molecule has 2 fully saturated rings. The molecule has 2 aliphatic heterocycles. The number of nitrogens with one attached hydrogen (secondary N) is 1. The van der Waals surface area contributed by atoms with Crippen molar-refractivity contribution >= 4 is 0 Å². The molecule has 22 heavy (non-hydrogen) atoms. The van der Waals surface area contributed by atoms with Crippen LogP contribution in [-0.2, 0) is 9.47 Å². The Morgan fingerprint density at radius 3 is 2.23 bits per heavy atom. The third-order valence-electron chi connectivity index (χ3n) is 4.03. The molecule has 0 radical (unpaired) electrons. The van der Waals surface area contributed by atoms with Crippen molar-refractivity contribution in [2.24, 2.45) is 0 Å². The molecular weight excluding hydrogens is 302 g/mol. The molecule has 9 atom stereocenters. The van der Waals surface area contributed by atoms with Gasteiger partial charge in [-0.1, -0.05) is 0 Å². The van der Waals surface area contributed by atoms with Crippen molar-refractivity contribution in [1.29, 1.82) is 0 Å². The first kappa shape index (κ1) is 17.9. The zero-order valence-electron chi connectivity index (χ0n) is 11.8. The SMILES string of the molecule is OC[C@H]1O[C@H](OC[C@H]2NC[C@@H](O)[C@@H](O)[C@@H]2O)[C@@H](O)[C@@H](O)[C@@H]1O. The van der Waals surface area contributed by atoms with Crippen molar-refractivity contribution < 1.29 is 45.2 Å². The lowest BCUT2D eigenvalue weighted by atomic mass is 9.96. The predicted octanol–water partition coefficient (Wildman–Crippen LogP) is -5.14. The Kier molecular flexibility index (Phi) is 6.07. The minimum Gasteiger partial charge on any atom is -0.394 e. The highest BCUT2D eigenvalue weighted by atomic mass is 16.7. The van der Waals surface area contributed by atoms with E-state index in [-0.39, 0.29) is 13.2 Å². The van der Waals surface area contributed by atoms with Gasteiger partial charge in [-0.05, 0) is 0 Å². The fourth-order valence-corrected chi connectivity index (χ4v) is 2.54. The van der Waals surface area contributed by atoms with Gasteiger partial charge in [0.1, 0.15) is 30.5 Å². The Hall–Kier alpha value is -0.400. The minimum absolute atomic E-state index is 0.0565. The first-order valence-corrected chi connectivity index (χ1v) is 7.06. The van der Waals surface area contributed by atoms with E-state index >= 15 is 0 Å². The summed E-state index contributed by atoms with van der Waals surface area (Å²) in [5, 5.41) is 69.7. The number of piperidine rings is 1. The van der Waals surface area contributed by atoms with Gasteiger partial charge in [0.05, 0.1) is 31.5 Å². The van der Waals surface area contributed by atoms with E-state index in [4.69, 9.17) is 14.6 Å². The van der Waals surface area contributed by atoms with Crippen LogP contribution >= 0.6 is 0 Å². The van der Waals surface area contributed by atoms with E-state index in [2.05, 4.69) is 5.32 Å². The fourth-order valence-electron chi connectivity index (χ4n) is 2.54. The highest BCUT2D eigenvalue weighted by Crippen LogP contribution is 2.22. The summed E-state index contributed by atoms with van der Waals surface area (Å²) in [5.41, 5.74) is 0. The van der Waals surface area contributed by atoms with E-state index in [0.29, 0.717) is 0 Å². The second-order valence-electron chi connectivity index (χ2n) is 5.59. The molecule has 0 saturated carbocycles. The Labute approximate surface area is 126 Å². The Morgan fingerprint density at radius 1 is 0.909 bits per heavy atom. The van der Waals surface area contributed by atoms with Gasteiger partial charge >= 0.3 is 0 Å². The van der Waals surface area contributed by atoms with Crippen LogP contribution in [0.4, 0.5) is 0 Å². The third-order valence-corrected chi connectivity index (χ3v) is 4.03. The summed E-state index contributed by atoms with van der Waals surface area (Å²) in [7, 11) is 0. The Balaban J connectivity index is 1.90.